The number of non-ortho nitro benzene ring substituents is 1. The van der Waals surface area contributed by atoms with Crippen molar-refractivity contribution >= 4 is 66.0 Å². The Labute approximate surface area is 191 Å². The van der Waals surface area contributed by atoms with Gasteiger partial charge in [0.15, 0.2) is 0 Å². The lowest BCUT2D eigenvalue weighted by molar-refractivity contribution is -0.402. The van der Waals surface area contributed by atoms with E-state index in [1.165, 1.54) is 5.01 Å². The van der Waals surface area contributed by atoms with Crippen molar-refractivity contribution in [2.24, 2.45) is 0 Å². The van der Waals surface area contributed by atoms with Gasteiger partial charge in [0.1, 0.15) is 0 Å². The summed E-state index contributed by atoms with van der Waals surface area (Å²) in [5.41, 5.74) is 1.98. The fraction of sp³-hybridized carbons (Fsp3) is 0. The summed E-state index contributed by atoms with van der Waals surface area (Å²) in [6.45, 7) is 0. The number of nitro groups is 3. The highest BCUT2D eigenvalue weighted by molar-refractivity contribution is 9.10. The molecule has 0 bridgehead atoms. The molecule has 11 nitrogen and oxygen atoms in total. The molecule has 0 N–H and O–H groups in total. The number of benzene rings is 3. The van der Waals surface area contributed by atoms with Crippen LogP contribution >= 0.6 is 31.9 Å². The summed E-state index contributed by atoms with van der Waals surface area (Å²) in [4.78, 5) is 31.4. The molecule has 0 fully saturated rings. The van der Waals surface area contributed by atoms with Gasteiger partial charge in [-0.1, -0.05) is 31.9 Å². The third-order valence-corrected chi connectivity index (χ3v) is 5.06. The summed E-state index contributed by atoms with van der Waals surface area (Å²) < 4.78 is 1.53. The van der Waals surface area contributed by atoms with Crippen molar-refractivity contribution in [3.05, 3.63) is 100.0 Å². The van der Waals surface area contributed by atoms with E-state index in [9.17, 15) is 30.3 Å². The van der Waals surface area contributed by atoms with Crippen LogP contribution in [0.4, 0.5) is 34.1 Å². The first-order valence-electron chi connectivity index (χ1n) is 8.31. The zero-order chi connectivity index (χ0) is 22.7. The Morgan fingerprint density at radius 1 is 0.677 bits per heavy atom. The highest BCUT2D eigenvalue weighted by Crippen LogP contribution is 2.40. The molecule has 1 radical (unpaired) electrons. The number of nitrogens with zero attached hydrogens (tertiary/aromatic N) is 5. The quantitative estimate of drug-likeness (QED) is 0.261. The van der Waals surface area contributed by atoms with E-state index >= 15 is 0 Å². The minimum Gasteiger partial charge on any atom is -0.258 e. The van der Waals surface area contributed by atoms with Crippen molar-refractivity contribution in [1.82, 2.24) is 5.43 Å². The van der Waals surface area contributed by atoms with Gasteiger partial charge in [0, 0.05) is 8.95 Å². The molecule has 0 spiro atoms. The first-order valence-corrected chi connectivity index (χ1v) is 9.90. The van der Waals surface area contributed by atoms with E-state index in [0.717, 1.165) is 8.95 Å². The zero-order valence-corrected chi connectivity index (χ0v) is 18.4. The van der Waals surface area contributed by atoms with Gasteiger partial charge in [-0.25, -0.2) is 5.01 Å². The number of halogens is 2. The fourth-order valence-electron chi connectivity index (χ4n) is 2.61. The van der Waals surface area contributed by atoms with E-state index in [0.29, 0.717) is 23.5 Å². The average molecular weight is 552 g/mol. The lowest BCUT2D eigenvalue weighted by Gasteiger charge is -2.23. The summed E-state index contributed by atoms with van der Waals surface area (Å²) >= 11 is 6.62. The topological polar surface area (TPSA) is 147 Å². The highest BCUT2D eigenvalue weighted by Gasteiger charge is 2.33. The van der Waals surface area contributed by atoms with Crippen molar-refractivity contribution in [2.75, 3.05) is 5.01 Å². The Kier molecular flexibility index (Phi) is 6.46. The van der Waals surface area contributed by atoms with Gasteiger partial charge >= 0.3 is 11.4 Å². The molecular formula is C18H10Br2N5O6. The molecule has 13 heteroatoms. The molecule has 3 aromatic rings. The molecule has 0 saturated heterocycles. The molecule has 3 rings (SSSR count). The van der Waals surface area contributed by atoms with Gasteiger partial charge in [0.2, 0.25) is 5.69 Å². The molecule has 0 aliphatic carbocycles. The lowest BCUT2D eigenvalue weighted by atomic mass is 10.2. The second-order valence-electron chi connectivity index (χ2n) is 5.97. The van der Waals surface area contributed by atoms with Gasteiger partial charge in [0.05, 0.1) is 38.3 Å². The van der Waals surface area contributed by atoms with Crippen LogP contribution in [0.1, 0.15) is 0 Å². The Morgan fingerprint density at radius 3 is 1.39 bits per heavy atom. The SMILES string of the molecule is O=[N+]([O-])c1cc([N+](=O)[O-])c([N]N(c2ccc(Br)cc2)c2ccc(Br)cc2)c([N+](=O)[O-])c1. The number of nitro benzene ring substituents is 3. The summed E-state index contributed by atoms with van der Waals surface area (Å²) in [6, 6.07) is 14.7. The normalized spacial score (nSPS) is 10.4. The first kappa shape index (κ1) is 22.1. The largest absolute Gasteiger partial charge is 0.310 e. The maximum absolute atomic E-state index is 11.6. The second kappa shape index (κ2) is 9.06. The minimum atomic E-state index is -0.944. The molecule has 3 aromatic carbocycles. The van der Waals surface area contributed by atoms with Gasteiger partial charge in [-0.15, -0.1) is 0 Å². The summed E-state index contributed by atoms with van der Waals surface area (Å²) in [5, 5.41) is 35.5. The maximum Gasteiger partial charge on any atom is 0.310 e. The van der Waals surface area contributed by atoms with Crippen molar-refractivity contribution in [2.45, 2.75) is 0 Å². The maximum atomic E-state index is 11.6. The van der Waals surface area contributed by atoms with E-state index < -0.39 is 37.5 Å². The zero-order valence-electron chi connectivity index (χ0n) is 15.2. The van der Waals surface area contributed by atoms with Crippen LogP contribution in [0.25, 0.3) is 0 Å². The van der Waals surface area contributed by atoms with Crippen LogP contribution in [-0.4, -0.2) is 14.8 Å². The third-order valence-electron chi connectivity index (χ3n) is 4.00. The van der Waals surface area contributed by atoms with Gasteiger partial charge in [-0.2, -0.15) is 5.43 Å². The first-order chi connectivity index (χ1) is 14.7. The molecule has 0 unspecified atom stereocenters. The van der Waals surface area contributed by atoms with Crippen molar-refractivity contribution in [3.8, 4) is 0 Å². The predicted molar refractivity (Wildman–Crippen MR) is 119 cm³/mol. The summed E-state index contributed by atoms with van der Waals surface area (Å²) in [5.74, 6) is 0. The van der Waals surface area contributed by atoms with Gasteiger partial charge in [0.25, 0.3) is 5.69 Å². The standard InChI is InChI=1S/C18H10Br2N5O6/c19-11-1-5-13(6-2-11)22(14-7-3-12(20)4-8-14)21-18-16(24(28)29)9-15(23(26)27)10-17(18)25(30)31/h1-10H. The Hall–Kier alpha value is -3.58. The van der Waals surface area contributed by atoms with Crippen molar-refractivity contribution in [3.63, 3.8) is 0 Å². The van der Waals surface area contributed by atoms with Crippen LogP contribution in [0.2, 0.25) is 0 Å². The summed E-state index contributed by atoms with van der Waals surface area (Å²) in [6.07, 6.45) is 0. The molecule has 157 valence electrons. The van der Waals surface area contributed by atoms with Crippen LogP contribution < -0.4 is 10.4 Å². The lowest BCUT2D eigenvalue weighted by Crippen LogP contribution is -2.24. The van der Waals surface area contributed by atoms with Crippen molar-refractivity contribution in [1.29, 1.82) is 0 Å². The molecular weight excluding hydrogens is 542 g/mol. The second-order valence-corrected chi connectivity index (χ2v) is 7.80. The average Bonchev–Trinajstić information content (AvgIpc) is 2.72. The molecule has 31 heavy (non-hydrogen) atoms. The molecule has 0 aliphatic rings. The molecule has 0 saturated carbocycles. The summed E-state index contributed by atoms with van der Waals surface area (Å²) in [7, 11) is 0. The Balaban J connectivity index is 2.21. The Bertz CT molecular complexity index is 1090. The van der Waals surface area contributed by atoms with Crippen LogP contribution in [0.15, 0.2) is 69.6 Å². The van der Waals surface area contributed by atoms with E-state index in [1.807, 2.05) is 0 Å². The van der Waals surface area contributed by atoms with E-state index in [1.54, 1.807) is 48.5 Å². The van der Waals surface area contributed by atoms with E-state index in [4.69, 9.17) is 0 Å². The molecule has 0 atom stereocenters. The smallest absolute Gasteiger partial charge is 0.258 e. The number of anilines is 2. The number of hydrogen-bond acceptors (Lipinski definition) is 7. The van der Waals surface area contributed by atoms with Crippen molar-refractivity contribution < 1.29 is 14.8 Å². The molecule has 0 heterocycles. The van der Waals surface area contributed by atoms with Gasteiger partial charge < -0.3 is 0 Å². The Morgan fingerprint density at radius 2 is 1.06 bits per heavy atom. The molecule has 0 aliphatic heterocycles. The van der Waals surface area contributed by atoms with E-state index in [-0.39, 0.29) is 0 Å². The van der Waals surface area contributed by atoms with Gasteiger partial charge in [-0.3, -0.25) is 30.3 Å². The minimum absolute atomic E-state index is 0.451. The van der Waals surface area contributed by atoms with Crippen LogP contribution in [-0.2, 0) is 0 Å². The predicted octanol–water partition coefficient (Wildman–Crippen LogP) is 5.93. The molecule has 0 amide bonds. The highest BCUT2D eigenvalue weighted by atomic mass is 79.9. The number of rotatable bonds is 7. The monoisotopic (exact) mass is 550 g/mol. The number of hydrogen-bond donors (Lipinski definition) is 0. The molecule has 0 aromatic heterocycles. The fourth-order valence-corrected chi connectivity index (χ4v) is 3.13. The van der Waals surface area contributed by atoms with Crippen LogP contribution in [0, 0.1) is 30.3 Å². The third kappa shape index (κ3) is 4.95. The van der Waals surface area contributed by atoms with Crippen LogP contribution in [0.3, 0.4) is 0 Å². The van der Waals surface area contributed by atoms with Crippen LogP contribution in [0.5, 0.6) is 0 Å². The van der Waals surface area contributed by atoms with E-state index in [2.05, 4.69) is 37.3 Å². The van der Waals surface area contributed by atoms with Gasteiger partial charge in [-0.05, 0) is 48.5 Å².